The summed E-state index contributed by atoms with van der Waals surface area (Å²) in [5.74, 6) is 0.860. The second kappa shape index (κ2) is 6.32. The average molecular weight is 194 g/mol. The highest BCUT2D eigenvalue weighted by Crippen LogP contribution is 2.01. The Balaban J connectivity index is 2.29. The van der Waals surface area contributed by atoms with Crippen LogP contribution in [-0.2, 0) is 6.42 Å². The van der Waals surface area contributed by atoms with Crippen molar-refractivity contribution < 1.29 is 0 Å². The molecule has 0 atom stereocenters. The molecule has 1 aromatic heterocycles. The molecular weight excluding hydrogens is 176 g/mol. The van der Waals surface area contributed by atoms with Crippen LogP contribution in [0.25, 0.3) is 0 Å². The third-order valence-corrected chi connectivity index (χ3v) is 1.99. The maximum Gasteiger partial charge on any atom is 0.148 e. The van der Waals surface area contributed by atoms with E-state index in [0.717, 1.165) is 37.4 Å². The summed E-state index contributed by atoms with van der Waals surface area (Å²) in [5.41, 5.74) is 1.03. The Morgan fingerprint density at radius 3 is 2.64 bits per heavy atom. The van der Waals surface area contributed by atoms with Gasteiger partial charge in [-0.15, -0.1) is 5.10 Å². The van der Waals surface area contributed by atoms with Crippen molar-refractivity contribution >= 4 is 5.82 Å². The molecule has 0 bridgehead atoms. The SMILES string of the molecule is CCc1ccc(NCCCNC)nn1. The van der Waals surface area contributed by atoms with E-state index in [1.165, 1.54) is 0 Å². The van der Waals surface area contributed by atoms with Gasteiger partial charge in [-0.1, -0.05) is 6.92 Å². The van der Waals surface area contributed by atoms with Crippen molar-refractivity contribution in [3.8, 4) is 0 Å². The van der Waals surface area contributed by atoms with Crippen LogP contribution in [0.5, 0.6) is 0 Å². The summed E-state index contributed by atoms with van der Waals surface area (Å²) < 4.78 is 0. The van der Waals surface area contributed by atoms with E-state index in [1.807, 2.05) is 19.2 Å². The minimum absolute atomic E-state index is 0.860. The van der Waals surface area contributed by atoms with Gasteiger partial charge >= 0.3 is 0 Å². The van der Waals surface area contributed by atoms with Gasteiger partial charge in [-0.2, -0.15) is 5.10 Å². The predicted molar refractivity (Wildman–Crippen MR) is 58.4 cm³/mol. The van der Waals surface area contributed by atoms with Crippen LogP contribution < -0.4 is 10.6 Å². The second-order valence-corrected chi connectivity index (χ2v) is 3.15. The van der Waals surface area contributed by atoms with Crippen LogP contribution in [0.15, 0.2) is 12.1 Å². The van der Waals surface area contributed by atoms with Gasteiger partial charge in [0.2, 0.25) is 0 Å². The normalized spacial score (nSPS) is 10.1. The highest BCUT2D eigenvalue weighted by Gasteiger charge is 1.94. The maximum absolute atomic E-state index is 4.07. The van der Waals surface area contributed by atoms with Crippen molar-refractivity contribution in [2.24, 2.45) is 0 Å². The molecule has 0 aromatic carbocycles. The smallest absolute Gasteiger partial charge is 0.148 e. The van der Waals surface area contributed by atoms with Gasteiger partial charge in [0, 0.05) is 6.54 Å². The molecule has 2 N–H and O–H groups in total. The van der Waals surface area contributed by atoms with Crippen molar-refractivity contribution in [1.29, 1.82) is 0 Å². The minimum Gasteiger partial charge on any atom is -0.369 e. The van der Waals surface area contributed by atoms with E-state index in [0.29, 0.717) is 0 Å². The lowest BCUT2D eigenvalue weighted by Gasteiger charge is -2.04. The molecule has 0 spiro atoms. The molecule has 0 aliphatic heterocycles. The van der Waals surface area contributed by atoms with E-state index in [-0.39, 0.29) is 0 Å². The van der Waals surface area contributed by atoms with Gasteiger partial charge in [0.1, 0.15) is 5.82 Å². The van der Waals surface area contributed by atoms with Crippen LogP contribution in [0.1, 0.15) is 19.0 Å². The van der Waals surface area contributed by atoms with E-state index in [9.17, 15) is 0 Å². The largest absolute Gasteiger partial charge is 0.369 e. The number of aryl methyl sites for hydroxylation is 1. The second-order valence-electron chi connectivity index (χ2n) is 3.15. The quantitative estimate of drug-likeness (QED) is 0.665. The highest BCUT2D eigenvalue weighted by atomic mass is 15.2. The summed E-state index contributed by atoms with van der Waals surface area (Å²) in [6.45, 7) is 4.03. The van der Waals surface area contributed by atoms with Crippen LogP contribution >= 0.6 is 0 Å². The van der Waals surface area contributed by atoms with Gasteiger partial charge in [0.05, 0.1) is 5.69 Å². The van der Waals surface area contributed by atoms with Crippen LogP contribution in [0.2, 0.25) is 0 Å². The van der Waals surface area contributed by atoms with Gasteiger partial charge in [-0.05, 0) is 38.6 Å². The Bertz CT molecular complexity index is 245. The Morgan fingerprint density at radius 2 is 2.07 bits per heavy atom. The molecule has 14 heavy (non-hydrogen) atoms. The number of hydrogen-bond acceptors (Lipinski definition) is 4. The number of nitrogens with zero attached hydrogens (tertiary/aromatic N) is 2. The molecule has 78 valence electrons. The molecule has 4 nitrogen and oxygen atoms in total. The topological polar surface area (TPSA) is 49.8 Å². The number of aromatic nitrogens is 2. The van der Waals surface area contributed by atoms with E-state index in [2.05, 4.69) is 27.8 Å². The number of rotatable bonds is 6. The third kappa shape index (κ3) is 3.70. The molecule has 1 rings (SSSR count). The monoisotopic (exact) mass is 194 g/mol. The van der Waals surface area contributed by atoms with Crippen LogP contribution in [0, 0.1) is 0 Å². The number of nitrogens with one attached hydrogen (secondary N) is 2. The molecule has 0 aliphatic carbocycles. The molecule has 0 fully saturated rings. The van der Waals surface area contributed by atoms with Gasteiger partial charge in [-0.25, -0.2) is 0 Å². The summed E-state index contributed by atoms with van der Waals surface area (Å²) in [7, 11) is 1.95. The van der Waals surface area contributed by atoms with E-state index in [4.69, 9.17) is 0 Å². The van der Waals surface area contributed by atoms with Crippen LogP contribution in [-0.4, -0.2) is 30.3 Å². The number of anilines is 1. The van der Waals surface area contributed by atoms with Crippen LogP contribution in [0.4, 0.5) is 5.82 Å². The Morgan fingerprint density at radius 1 is 1.21 bits per heavy atom. The standard InChI is InChI=1S/C10H18N4/c1-3-9-5-6-10(14-13-9)12-8-4-7-11-2/h5-6,11H,3-4,7-8H2,1-2H3,(H,12,14). The fourth-order valence-electron chi connectivity index (χ4n) is 1.12. The van der Waals surface area contributed by atoms with Gasteiger partial charge in [-0.3, -0.25) is 0 Å². The van der Waals surface area contributed by atoms with E-state index >= 15 is 0 Å². The van der Waals surface area contributed by atoms with Crippen molar-refractivity contribution in [3.05, 3.63) is 17.8 Å². The van der Waals surface area contributed by atoms with E-state index in [1.54, 1.807) is 0 Å². The lowest BCUT2D eigenvalue weighted by atomic mass is 10.3. The molecular formula is C10H18N4. The van der Waals surface area contributed by atoms with Gasteiger partial charge in [0.25, 0.3) is 0 Å². The Kier molecular flexibility index (Phi) is 4.93. The predicted octanol–water partition coefficient (Wildman–Crippen LogP) is 1.06. The zero-order valence-electron chi connectivity index (χ0n) is 8.88. The molecule has 0 radical (unpaired) electrons. The fraction of sp³-hybridized carbons (Fsp3) is 0.600. The summed E-state index contributed by atoms with van der Waals surface area (Å²) >= 11 is 0. The minimum atomic E-state index is 0.860. The molecule has 0 amide bonds. The Labute approximate surface area is 85.1 Å². The summed E-state index contributed by atoms with van der Waals surface area (Å²) in [6, 6.07) is 3.98. The third-order valence-electron chi connectivity index (χ3n) is 1.99. The summed E-state index contributed by atoms with van der Waals surface area (Å²) in [5, 5.41) is 14.4. The van der Waals surface area contributed by atoms with Crippen molar-refractivity contribution in [2.75, 3.05) is 25.5 Å². The average Bonchev–Trinajstić information content (AvgIpc) is 2.25. The first-order valence-corrected chi connectivity index (χ1v) is 5.08. The lowest BCUT2D eigenvalue weighted by Crippen LogP contribution is -2.13. The maximum atomic E-state index is 4.07. The summed E-state index contributed by atoms with van der Waals surface area (Å²) in [6.07, 6.45) is 2.03. The zero-order chi connectivity index (χ0) is 10.2. The van der Waals surface area contributed by atoms with Gasteiger partial charge < -0.3 is 10.6 Å². The van der Waals surface area contributed by atoms with Crippen molar-refractivity contribution in [3.63, 3.8) is 0 Å². The molecule has 0 saturated carbocycles. The van der Waals surface area contributed by atoms with Crippen molar-refractivity contribution in [1.82, 2.24) is 15.5 Å². The highest BCUT2D eigenvalue weighted by molar-refractivity contribution is 5.32. The Hall–Kier alpha value is -1.16. The van der Waals surface area contributed by atoms with E-state index < -0.39 is 0 Å². The first-order valence-electron chi connectivity index (χ1n) is 5.08. The lowest BCUT2D eigenvalue weighted by molar-refractivity contribution is 0.745. The van der Waals surface area contributed by atoms with Gasteiger partial charge in [0.15, 0.2) is 0 Å². The number of hydrogen-bond donors (Lipinski definition) is 2. The summed E-state index contributed by atoms with van der Waals surface area (Å²) in [4.78, 5) is 0. The molecule has 1 aromatic rings. The zero-order valence-corrected chi connectivity index (χ0v) is 8.88. The van der Waals surface area contributed by atoms with Crippen LogP contribution in [0.3, 0.4) is 0 Å². The molecule has 4 heteroatoms. The molecule has 1 heterocycles. The molecule has 0 unspecified atom stereocenters. The first-order chi connectivity index (χ1) is 6.86. The van der Waals surface area contributed by atoms with Crippen molar-refractivity contribution in [2.45, 2.75) is 19.8 Å². The molecule has 0 aliphatic rings. The molecule has 0 saturated heterocycles. The first kappa shape index (κ1) is 10.9. The fourth-order valence-corrected chi connectivity index (χ4v) is 1.12.